The number of pyridine rings is 1. The summed E-state index contributed by atoms with van der Waals surface area (Å²) in [4.78, 5) is 19.6. The predicted molar refractivity (Wildman–Crippen MR) is 155 cm³/mol. The highest BCUT2D eigenvalue weighted by Gasteiger charge is 2.24. The monoisotopic (exact) mass is 520 g/mol. The highest BCUT2D eigenvalue weighted by Crippen LogP contribution is 2.32. The van der Waals surface area contributed by atoms with Crippen LogP contribution >= 0.6 is 0 Å². The Balaban J connectivity index is 1.26. The summed E-state index contributed by atoms with van der Waals surface area (Å²) in [5.74, 6) is 0.108. The van der Waals surface area contributed by atoms with Crippen LogP contribution in [0, 0.1) is 0 Å². The van der Waals surface area contributed by atoms with E-state index in [1.165, 1.54) is 55.2 Å². The molecule has 7 heteroatoms. The molecular weight excluding hydrogens is 472 g/mol. The molecule has 2 aliphatic rings. The molecule has 1 saturated carbocycles. The van der Waals surface area contributed by atoms with Crippen LogP contribution in [-0.2, 0) is 24.3 Å². The van der Waals surface area contributed by atoms with E-state index in [1.54, 1.807) is 6.20 Å². The van der Waals surface area contributed by atoms with Gasteiger partial charge in [-0.2, -0.15) is 0 Å². The topological polar surface area (TPSA) is 95.3 Å². The van der Waals surface area contributed by atoms with Gasteiger partial charge in [-0.15, -0.1) is 0 Å². The summed E-state index contributed by atoms with van der Waals surface area (Å²) in [5.41, 5.74) is 10.8. The largest absolute Gasteiger partial charge is 0.337 e. The van der Waals surface area contributed by atoms with E-state index in [-0.39, 0.29) is 11.9 Å². The molecule has 7 nitrogen and oxygen atoms in total. The van der Waals surface area contributed by atoms with Gasteiger partial charge in [0.1, 0.15) is 0 Å². The molecule has 0 saturated heterocycles. The van der Waals surface area contributed by atoms with Gasteiger partial charge in [0.15, 0.2) is 0 Å². The number of nitrogens with one attached hydrogen (secondary N) is 3. The molecule has 208 valence electrons. The first-order valence-electron chi connectivity index (χ1n) is 14.8. The third kappa shape index (κ3) is 8.60. The maximum absolute atomic E-state index is 13.3. The van der Waals surface area contributed by atoms with Crippen LogP contribution < -0.4 is 21.7 Å². The second kappa shape index (κ2) is 15.3. The van der Waals surface area contributed by atoms with Crippen molar-refractivity contribution >= 4 is 5.91 Å². The third-order valence-electron chi connectivity index (χ3n) is 8.07. The van der Waals surface area contributed by atoms with E-state index in [1.807, 2.05) is 30.0 Å². The highest BCUT2D eigenvalue weighted by molar-refractivity contribution is 5.81. The highest BCUT2D eigenvalue weighted by atomic mass is 16.2. The number of rotatable bonds is 15. The van der Waals surface area contributed by atoms with Gasteiger partial charge in [-0.25, -0.2) is 0 Å². The van der Waals surface area contributed by atoms with E-state index in [9.17, 15) is 4.79 Å². The SMILES string of the molecule is C[C@H](NCc1ccccn1)C(=O)N(CCCN)Cc1ccc2c(c1)CCC2NCCCNC1CCCCC1. The lowest BCUT2D eigenvalue weighted by atomic mass is 9.95. The van der Waals surface area contributed by atoms with Crippen LogP contribution in [-0.4, -0.2) is 54.1 Å². The van der Waals surface area contributed by atoms with Gasteiger partial charge >= 0.3 is 0 Å². The summed E-state index contributed by atoms with van der Waals surface area (Å²) >= 11 is 0. The first-order chi connectivity index (χ1) is 18.6. The van der Waals surface area contributed by atoms with Crippen LogP contribution in [0.4, 0.5) is 0 Å². The first-order valence-corrected chi connectivity index (χ1v) is 14.8. The van der Waals surface area contributed by atoms with Crippen molar-refractivity contribution in [2.45, 2.75) is 95.9 Å². The Morgan fingerprint density at radius 1 is 1.08 bits per heavy atom. The van der Waals surface area contributed by atoms with Gasteiger partial charge in [0, 0.05) is 37.9 Å². The first kappa shape index (κ1) is 28.7. The molecule has 2 atom stereocenters. The summed E-state index contributed by atoms with van der Waals surface area (Å²) in [6, 6.07) is 13.5. The number of amides is 1. The molecule has 1 unspecified atom stereocenters. The van der Waals surface area contributed by atoms with E-state index in [2.05, 4.69) is 39.1 Å². The lowest BCUT2D eigenvalue weighted by molar-refractivity contribution is -0.133. The Bertz CT molecular complexity index is 978. The van der Waals surface area contributed by atoms with Crippen LogP contribution in [0.1, 0.15) is 86.7 Å². The van der Waals surface area contributed by atoms with Crippen molar-refractivity contribution in [2.75, 3.05) is 26.2 Å². The number of hydrogen-bond donors (Lipinski definition) is 4. The smallest absolute Gasteiger partial charge is 0.239 e. The number of nitrogens with two attached hydrogens (primary N) is 1. The predicted octanol–water partition coefficient (Wildman–Crippen LogP) is 3.83. The van der Waals surface area contributed by atoms with Crippen molar-refractivity contribution in [3.63, 3.8) is 0 Å². The van der Waals surface area contributed by atoms with Crippen LogP contribution in [0.2, 0.25) is 0 Å². The number of fused-ring (bicyclic) bond motifs is 1. The average Bonchev–Trinajstić information content (AvgIpc) is 3.36. The van der Waals surface area contributed by atoms with Crippen LogP contribution in [0.15, 0.2) is 42.6 Å². The molecule has 0 bridgehead atoms. The molecule has 1 aromatic heterocycles. The number of carbonyl (C=O) groups is 1. The van der Waals surface area contributed by atoms with Crippen molar-refractivity contribution in [1.82, 2.24) is 25.8 Å². The quantitative estimate of drug-likeness (QED) is 0.267. The molecule has 1 aromatic carbocycles. The number of nitrogens with zero attached hydrogens (tertiary/aromatic N) is 2. The van der Waals surface area contributed by atoms with Gasteiger partial charge < -0.3 is 26.6 Å². The second-order valence-corrected chi connectivity index (χ2v) is 11.0. The molecule has 0 radical (unpaired) electrons. The van der Waals surface area contributed by atoms with Crippen LogP contribution in [0.25, 0.3) is 0 Å². The fourth-order valence-electron chi connectivity index (χ4n) is 5.85. The minimum Gasteiger partial charge on any atom is -0.337 e. The van der Waals surface area contributed by atoms with Gasteiger partial charge in [0.05, 0.1) is 11.7 Å². The molecule has 2 aromatic rings. The summed E-state index contributed by atoms with van der Waals surface area (Å²) in [5, 5.41) is 10.9. The maximum atomic E-state index is 13.3. The molecule has 1 fully saturated rings. The molecule has 1 heterocycles. The summed E-state index contributed by atoms with van der Waals surface area (Å²) in [6.07, 6.45) is 12.9. The number of aromatic nitrogens is 1. The van der Waals surface area contributed by atoms with E-state index in [0.717, 1.165) is 44.1 Å². The lowest BCUT2D eigenvalue weighted by Gasteiger charge is -2.27. The lowest BCUT2D eigenvalue weighted by Crippen LogP contribution is -2.45. The number of hydrogen-bond acceptors (Lipinski definition) is 6. The third-order valence-corrected chi connectivity index (χ3v) is 8.07. The fourth-order valence-corrected chi connectivity index (χ4v) is 5.85. The Labute approximate surface area is 229 Å². The number of aryl methyl sites for hydroxylation is 1. The average molecular weight is 521 g/mol. The van der Waals surface area contributed by atoms with Crippen molar-refractivity contribution < 1.29 is 4.79 Å². The zero-order valence-electron chi connectivity index (χ0n) is 23.3. The van der Waals surface area contributed by atoms with E-state index >= 15 is 0 Å². The summed E-state index contributed by atoms with van der Waals surface area (Å²) < 4.78 is 0. The molecule has 38 heavy (non-hydrogen) atoms. The van der Waals surface area contributed by atoms with E-state index in [0.29, 0.717) is 32.2 Å². The molecule has 0 aliphatic heterocycles. The Morgan fingerprint density at radius 2 is 1.92 bits per heavy atom. The minimum absolute atomic E-state index is 0.108. The number of carbonyl (C=O) groups excluding carboxylic acids is 1. The van der Waals surface area contributed by atoms with Crippen LogP contribution in [0.3, 0.4) is 0 Å². The molecule has 2 aliphatic carbocycles. The summed E-state index contributed by atoms with van der Waals surface area (Å²) in [7, 11) is 0. The minimum atomic E-state index is -0.287. The second-order valence-electron chi connectivity index (χ2n) is 11.0. The summed E-state index contributed by atoms with van der Waals surface area (Å²) in [6.45, 7) is 6.53. The van der Waals surface area contributed by atoms with Gasteiger partial charge in [-0.1, -0.05) is 43.5 Å². The fraction of sp³-hybridized carbons (Fsp3) is 0.613. The zero-order valence-corrected chi connectivity index (χ0v) is 23.3. The Kier molecular flexibility index (Phi) is 11.6. The van der Waals surface area contributed by atoms with Crippen LogP contribution in [0.5, 0.6) is 0 Å². The van der Waals surface area contributed by atoms with Crippen molar-refractivity contribution in [2.24, 2.45) is 5.73 Å². The van der Waals surface area contributed by atoms with Gasteiger partial charge in [0.2, 0.25) is 5.91 Å². The molecule has 1 amide bonds. The van der Waals surface area contributed by atoms with Gasteiger partial charge in [0.25, 0.3) is 0 Å². The van der Waals surface area contributed by atoms with Gasteiger partial charge in [-0.05, 0) is 93.9 Å². The zero-order chi connectivity index (χ0) is 26.6. The molecule has 0 spiro atoms. The standard InChI is InChI=1S/C31H48N6O/c1-24(36-22-28-11-5-6-17-34-28)31(38)37(20-7-16-32)23-25-12-14-29-26(21-25)13-15-30(29)35-19-8-18-33-27-9-3-2-4-10-27/h5-6,11-12,14,17,21,24,27,30,33,35-36H,2-4,7-10,13,15-16,18-20,22-23,32H2,1H3/t24-,30?/m0/s1. The Hall–Kier alpha value is -2.32. The molecule has 5 N–H and O–H groups in total. The van der Waals surface area contributed by atoms with Crippen molar-refractivity contribution in [3.05, 3.63) is 65.0 Å². The van der Waals surface area contributed by atoms with Gasteiger partial charge in [-0.3, -0.25) is 9.78 Å². The van der Waals surface area contributed by atoms with E-state index in [4.69, 9.17) is 5.73 Å². The van der Waals surface area contributed by atoms with Crippen molar-refractivity contribution in [1.29, 1.82) is 0 Å². The normalized spacial score (nSPS) is 18.3. The number of benzene rings is 1. The van der Waals surface area contributed by atoms with E-state index < -0.39 is 0 Å². The maximum Gasteiger partial charge on any atom is 0.239 e. The molecular formula is C31H48N6O. The van der Waals surface area contributed by atoms with Crippen molar-refractivity contribution in [3.8, 4) is 0 Å². The molecule has 4 rings (SSSR count). The Morgan fingerprint density at radius 3 is 2.71 bits per heavy atom.